The van der Waals surface area contributed by atoms with E-state index in [0.717, 1.165) is 19.4 Å². The predicted molar refractivity (Wildman–Crippen MR) is 65.2 cm³/mol. The van der Waals surface area contributed by atoms with Gasteiger partial charge in [-0.15, -0.1) is 0 Å². The van der Waals surface area contributed by atoms with Crippen molar-refractivity contribution in [3.8, 4) is 0 Å². The number of rotatable bonds is 4. The van der Waals surface area contributed by atoms with Crippen molar-refractivity contribution in [3.63, 3.8) is 0 Å². The average molecular weight is 222 g/mol. The zero-order chi connectivity index (χ0) is 11.4. The van der Waals surface area contributed by atoms with E-state index in [-0.39, 0.29) is 5.91 Å². The summed E-state index contributed by atoms with van der Waals surface area (Å²) in [6, 6.07) is 0. The van der Waals surface area contributed by atoms with Crippen LogP contribution in [0.25, 0.3) is 0 Å². The summed E-state index contributed by atoms with van der Waals surface area (Å²) in [6.45, 7) is 3.00. The van der Waals surface area contributed by atoms with E-state index < -0.39 is 0 Å². The molecule has 1 atom stereocenters. The Bertz CT molecular complexity index is 286. The van der Waals surface area contributed by atoms with Gasteiger partial charge in [0.05, 0.1) is 0 Å². The number of amides is 1. The van der Waals surface area contributed by atoms with Gasteiger partial charge >= 0.3 is 0 Å². The summed E-state index contributed by atoms with van der Waals surface area (Å²) >= 11 is 0. The lowest BCUT2D eigenvalue weighted by Gasteiger charge is -2.32. The lowest BCUT2D eigenvalue weighted by molar-refractivity contribution is -0.132. The van der Waals surface area contributed by atoms with Crippen LogP contribution in [0.2, 0.25) is 0 Å². The van der Waals surface area contributed by atoms with Gasteiger partial charge in [0, 0.05) is 24.6 Å². The lowest BCUT2D eigenvalue weighted by atomic mass is 9.84. The van der Waals surface area contributed by atoms with Gasteiger partial charge in [0.2, 0.25) is 5.91 Å². The van der Waals surface area contributed by atoms with E-state index in [1.165, 1.54) is 37.8 Å². The first-order valence-corrected chi connectivity index (χ1v) is 6.69. The van der Waals surface area contributed by atoms with E-state index in [0.29, 0.717) is 12.3 Å². The summed E-state index contributed by atoms with van der Waals surface area (Å²) in [4.78, 5) is 11.9. The molecule has 1 fully saturated rings. The molecule has 0 saturated heterocycles. The van der Waals surface area contributed by atoms with Crippen LogP contribution >= 0.6 is 0 Å². The van der Waals surface area contributed by atoms with Gasteiger partial charge in [-0.3, -0.25) is 4.79 Å². The van der Waals surface area contributed by atoms with E-state index in [9.17, 15) is 4.79 Å². The Hall–Kier alpha value is -0.860. The van der Waals surface area contributed by atoms with Gasteiger partial charge in [-0.2, -0.15) is 5.10 Å². The molecule has 1 aliphatic heterocycles. The van der Waals surface area contributed by atoms with Crippen LogP contribution in [0.5, 0.6) is 0 Å². The first-order chi connectivity index (χ1) is 7.81. The maximum absolute atomic E-state index is 11.9. The van der Waals surface area contributed by atoms with Crippen LogP contribution in [0.1, 0.15) is 58.3 Å². The highest BCUT2D eigenvalue weighted by atomic mass is 16.2. The van der Waals surface area contributed by atoms with Gasteiger partial charge in [-0.25, -0.2) is 5.01 Å². The molecule has 0 aromatic heterocycles. The third-order valence-electron chi connectivity index (χ3n) is 3.64. The molecule has 2 rings (SSSR count). The Kier molecular flexibility index (Phi) is 3.97. The third-order valence-corrected chi connectivity index (χ3v) is 3.64. The quantitative estimate of drug-likeness (QED) is 0.673. The van der Waals surface area contributed by atoms with Gasteiger partial charge < -0.3 is 0 Å². The molecular weight excluding hydrogens is 200 g/mol. The SMILES string of the molecule is CCCCCN1N=C2CCCCC2CC1=O. The molecule has 0 bridgehead atoms. The first-order valence-electron chi connectivity index (χ1n) is 6.69. The zero-order valence-corrected chi connectivity index (χ0v) is 10.2. The molecule has 1 aliphatic carbocycles. The number of carbonyl (C=O) groups is 1. The second-order valence-electron chi connectivity index (χ2n) is 4.96. The summed E-state index contributed by atoms with van der Waals surface area (Å²) in [5.74, 6) is 0.718. The van der Waals surface area contributed by atoms with Gasteiger partial charge in [0.15, 0.2) is 0 Å². The van der Waals surface area contributed by atoms with Crippen molar-refractivity contribution in [1.29, 1.82) is 0 Å². The molecule has 1 heterocycles. The van der Waals surface area contributed by atoms with Crippen molar-refractivity contribution in [1.82, 2.24) is 5.01 Å². The van der Waals surface area contributed by atoms with Gasteiger partial charge in [-0.05, 0) is 25.7 Å². The second-order valence-corrected chi connectivity index (χ2v) is 4.96. The van der Waals surface area contributed by atoms with Crippen molar-refractivity contribution in [2.24, 2.45) is 11.0 Å². The fourth-order valence-electron chi connectivity index (χ4n) is 2.63. The number of nitrogens with zero attached hydrogens (tertiary/aromatic N) is 2. The Labute approximate surface area is 97.9 Å². The molecule has 2 aliphatic rings. The summed E-state index contributed by atoms with van der Waals surface area (Å²) in [7, 11) is 0. The molecule has 16 heavy (non-hydrogen) atoms. The largest absolute Gasteiger partial charge is 0.273 e. The Morgan fingerprint density at radius 3 is 3.06 bits per heavy atom. The summed E-state index contributed by atoms with van der Waals surface area (Å²) < 4.78 is 0. The molecule has 1 saturated carbocycles. The van der Waals surface area contributed by atoms with E-state index >= 15 is 0 Å². The molecule has 90 valence electrons. The molecule has 0 radical (unpaired) electrons. The van der Waals surface area contributed by atoms with Crippen molar-refractivity contribution < 1.29 is 4.79 Å². The Morgan fingerprint density at radius 2 is 2.25 bits per heavy atom. The number of unbranched alkanes of at least 4 members (excludes halogenated alkanes) is 2. The number of hydrogen-bond acceptors (Lipinski definition) is 2. The molecule has 3 heteroatoms. The second kappa shape index (κ2) is 5.46. The maximum Gasteiger partial charge on any atom is 0.243 e. The van der Waals surface area contributed by atoms with E-state index in [2.05, 4.69) is 12.0 Å². The van der Waals surface area contributed by atoms with Crippen molar-refractivity contribution in [2.75, 3.05) is 6.54 Å². The van der Waals surface area contributed by atoms with E-state index in [1.54, 1.807) is 5.01 Å². The van der Waals surface area contributed by atoms with Crippen LogP contribution in [0.15, 0.2) is 5.10 Å². The third kappa shape index (κ3) is 2.63. The highest BCUT2D eigenvalue weighted by Crippen LogP contribution is 2.28. The minimum Gasteiger partial charge on any atom is -0.273 e. The Morgan fingerprint density at radius 1 is 1.38 bits per heavy atom. The van der Waals surface area contributed by atoms with Gasteiger partial charge in [-0.1, -0.05) is 26.2 Å². The molecule has 1 unspecified atom stereocenters. The highest BCUT2D eigenvalue weighted by Gasteiger charge is 2.30. The zero-order valence-electron chi connectivity index (χ0n) is 10.2. The standard InChI is InChI=1S/C13H22N2O/c1-2-3-6-9-15-13(16)10-11-7-4-5-8-12(11)14-15/h11H,2-10H2,1H3. The topological polar surface area (TPSA) is 32.7 Å². The van der Waals surface area contributed by atoms with Crippen LogP contribution in [-0.2, 0) is 4.79 Å². The molecule has 0 aromatic carbocycles. The highest BCUT2D eigenvalue weighted by molar-refractivity contribution is 5.94. The molecular formula is C13H22N2O. The minimum atomic E-state index is 0.242. The average Bonchev–Trinajstić information content (AvgIpc) is 2.30. The number of hydrogen-bond donors (Lipinski definition) is 0. The lowest BCUT2D eigenvalue weighted by Crippen LogP contribution is -2.38. The number of fused-ring (bicyclic) bond motifs is 1. The summed E-state index contributed by atoms with van der Waals surface area (Å²) in [6.07, 6.45) is 9.00. The molecule has 0 aromatic rings. The van der Waals surface area contributed by atoms with Crippen LogP contribution in [0, 0.1) is 5.92 Å². The number of hydrazone groups is 1. The van der Waals surface area contributed by atoms with Crippen molar-refractivity contribution in [3.05, 3.63) is 0 Å². The predicted octanol–water partition coefficient (Wildman–Crippen LogP) is 2.96. The summed E-state index contributed by atoms with van der Waals surface area (Å²) in [5, 5.41) is 6.29. The molecule has 1 amide bonds. The summed E-state index contributed by atoms with van der Waals surface area (Å²) in [5.41, 5.74) is 1.29. The van der Waals surface area contributed by atoms with E-state index in [4.69, 9.17) is 0 Å². The van der Waals surface area contributed by atoms with Crippen molar-refractivity contribution in [2.45, 2.75) is 58.3 Å². The van der Waals surface area contributed by atoms with Gasteiger partial charge in [0.1, 0.15) is 0 Å². The van der Waals surface area contributed by atoms with Crippen LogP contribution in [0.3, 0.4) is 0 Å². The van der Waals surface area contributed by atoms with Crippen LogP contribution in [0.4, 0.5) is 0 Å². The normalized spacial score (nSPS) is 25.3. The monoisotopic (exact) mass is 222 g/mol. The fourth-order valence-corrected chi connectivity index (χ4v) is 2.63. The van der Waals surface area contributed by atoms with Crippen molar-refractivity contribution >= 4 is 11.6 Å². The van der Waals surface area contributed by atoms with Gasteiger partial charge in [0.25, 0.3) is 0 Å². The Balaban J connectivity index is 1.94. The number of carbonyl (C=O) groups excluding carboxylic acids is 1. The first kappa shape index (κ1) is 11.6. The fraction of sp³-hybridized carbons (Fsp3) is 0.846. The molecule has 0 spiro atoms. The maximum atomic E-state index is 11.9. The molecule has 0 N–H and O–H groups in total. The van der Waals surface area contributed by atoms with Crippen LogP contribution in [-0.4, -0.2) is 23.2 Å². The minimum absolute atomic E-state index is 0.242. The van der Waals surface area contributed by atoms with E-state index in [1.807, 2.05) is 0 Å². The smallest absolute Gasteiger partial charge is 0.243 e. The molecule has 3 nitrogen and oxygen atoms in total. The van der Waals surface area contributed by atoms with Crippen LogP contribution < -0.4 is 0 Å².